The Morgan fingerprint density at radius 2 is 1.96 bits per heavy atom. The maximum absolute atomic E-state index is 14.1. The molecule has 4 nitrogen and oxygen atoms in total. The third-order valence-corrected chi connectivity index (χ3v) is 5.18. The highest BCUT2D eigenvalue weighted by Gasteiger charge is 2.21. The van der Waals surface area contributed by atoms with Crippen LogP contribution in [-0.2, 0) is 11.3 Å². The molecule has 0 aliphatic rings. The molecule has 0 atom stereocenters. The van der Waals surface area contributed by atoms with Crippen LogP contribution in [0.2, 0.25) is 5.15 Å². The number of rotatable bonds is 6. The van der Waals surface area contributed by atoms with E-state index in [9.17, 15) is 9.18 Å². The van der Waals surface area contributed by atoms with Crippen molar-refractivity contribution in [3.63, 3.8) is 0 Å². The lowest BCUT2D eigenvalue weighted by Gasteiger charge is -2.23. The Hall–Kier alpha value is -2.50. The second kappa shape index (κ2) is 8.67. The third-order valence-electron chi connectivity index (χ3n) is 4.86. The Bertz CT molecular complexity index is 1020. The largest absolute Gasteiger partial charge is 0.383 e. The van der Waals surface area contributed by atoms with Crippen molar-refractivity contribution in [3.8, 4) is 0 Å². The highest BCUT2D eigenvalue weighted by Crippen LogP contribution is 2.26. The molecular weight excluding hydrogens is 379 g/mol. The summed E-state index contributed by atoms with van der Waals surface area (Å²) in [7, 11) is 1.56. The van der Waals surface area contributed by atoms with Crippen molar-refractivity contribution in [1.29, 1.82) is 0 Å². The summed E-state index contributed by atoms with van der Waals surface area (Å²) in [6, 6.07) is 11.9. The van der Waals surface area contributed by atoms with Crippen LogP contribution in [0.15, 0.2) is 42.5 Å². The number of fused-ring (bicyclic) bond motifs is 1. The zero-order valence-electron chi connectivity index (χ0n) is 16.1. The lowest BCUT2D eigenvalue weighted by atomic mass is 10.0. The fraction of sp³-hybridized carbons (Fsp3) is 0.273. The highest BCUT2D eigenvalue weighted by atomic mass is 35.5. The molecule has 0 spiro atoms. The average molecular weight is 401 g/mol. The van der Waals surface area contributed by atoms with E-state index in [1.54, 1.807) is 19.2 Å². The molecule has 146 valence electrons. The third kappa shape index (κ3) is 4.16. The van der Waals surface area contributed by atoms with Crippen LogP contribution < -0.4 is 0 Å². The van der Waals surface area contributed by atoms with Crippen LogP contribution in [0, 0.1) is 19.7 Å². The lowest BCUT2D eigenvalue weighted by molar-refractivity contribution is 0.0676. The monoisotopic (exact) mass is 400 g/mol. The fourth-order valence-corrected chi connectivity index (χ4v) is 3.28. The fourth-order valence-electron chi connectivity index (χ4n) is 3.08. The van der Waals surface area contributed by atoms with Crippen LogP contribution in [0.25, 0.3) is 10.9 Å². The molecule has 1 aromatic heterocycles. The van der Waals surface area contributed by atoms with Crippen LogP contribution in [0.5, 0.6) is 0 Å². The van der Waals surface area contributed by atoms with E-state index in [-0.39, 0.29) is 12.1 Å². The van der Waals surface area contributed by atoms with Gasteiger partial charge in [0.2, 0.25) is 0 Å². The molecule has 1 heterocycles. The van der Waals surface area contributed by atoms with E-state index in [0.29, 0.717) is 23.9 Å². The molecule has 0 unspecified atom stereocenters. The Morgan fingerprint density at radius 1 is 1.21 bits per heavy atom. The number of carbonyl (C=O) groups is 1. The smallest absolute Gasteiger partial charge is 0.257 e. The molecule has 0 saturated carbocycles. The summed E-state index contributed by atoms with van der Waals surface area (Å²) in [5, 5.41) is 1.29. The Kier molecular flexibility index (Phi) is 6.27. The average Bonchev–Trinajstić information content (AvgIpc) is 2.69. The van der Waals surface area contributed by atoms with Gasteiger partial charge in [-0.05, 0) is 43.2 Å². The van der Waals surface area contributed by atoms with Crippen molar-refractivity contribution in [2.75, 3.05) is 20.3 Å². The molecule has 0 N–H and O–H groups in total. The summed E-state index contributed by atoms with van der Waals surface area (Å²) in [6.07, 6.45) is 0. The number of methoxy groups -OCH3 is 1. The van der Waals surface area contributed by atoms with Gasteiger partial charge in [0.1, 0.15) is 11.0 Å². The van der Waals surface area contributed by atoms with Gasteiger partial charge in [-0.3, -0.25) is 4.79 Å². The molecule has 0 fully saturated rings. The molecule has 0 aliphatic heterocycles. The minimum atomic E-state index is -0.552. The normalized spacial score (nSPS) is 11.0. The zero-order chi connectivity index (χ0) is 20.3. The van der Waals surface area contributed by atoms with Gasteiger partial charge >= 0.3 is 0 Å². The van der Waals surface area contributed by atoms with Crippen molar-refractivity contribution >= 4 is 28.4 Å². The summed E-state index contributed by atoms with van der Waals surface area (Å²) in [5.41, 5.74) is 3.79. The number of benzene rings is 2. The summed E-state index contributed by atoms with van der Waals surface area (Å²) < 4.78 is 19.2. The van der Waals surface area contributed by atoms with Gasteiger partial charge in [0.15, 0.2) is 0 Å². The summed E-state index contributed by atoms with van der Waals surface area (Å²) in [4.78, 5) is 19.0. The van der Waals surface area contributed by atoms with E-state index in [2.05, 4.69) is 4.98 Å². The summed E-state index contributed by atoms with van der Waals surface area (Å²) in [5.74, 6) is -0.963. The minimum absolute atomic E-state index is 0.0231. The van der Waals surface area contributed by atoms with Gasteiger partial charge in [0.05, 0.1) is 17.7 Å². The van der Waals surface area contributed by atoms with Gasteiger partial charge in [-0.25, -0.2) is 9.37 Å². The molecule has 3 aromatic rings. The van der Waals surface area contributed by atoms with E-state index in [0.717, 1.165) is 22.0 Å². The second-order valence-electron chi connectivity index (χ2n) is 6.72. The number of pyridine rings is 1. The standard InChI is InChI=1S/C22H22ClFN2O2/c1-14-8-9-16-12-17(21(23)25-20(16)15(14)2)13-26(10-11-28-3)22(27)18-6-4-5-7-19(18)24/h4-9,12H,10-11,13H2,1-3H3. The summed E-state index contributed by atoms with van der Waals surface area (Å²) >= 11 is 6.43. The van der Waals surface area contributed by atoms with Crippen molar-refractivity contribution in [2.24, 2.45) is 0 Å². The van der Waals surface area contributed by atoms with Crippen LogP contribution in [-0.4, -0.2) is 36.1 Å². The van der Waals surface area contributed by atoms with Crippen LogP contribution >= 0.6 is 11.6 Å². The van der Waals surface area contributed by atoms with Crippen LogP contribution in [0.1, 0.15) is 27.0 Å². The molecule has 3 rings (SSSR count). The van der Waals surface area contributed by atoms with E-state index in [1.807, 2.05) is 32.0 Å². The molecule has 0 radical (unpaired) electrons. The van der Waals surface area contributed by atoms with Crippen molar-refractivity contribution in [3.05, 3.63) is 75.7 Å². The molecule has 0 saturated heterocycles. The number of carbonyl (C=O) groups excluding carboxylic acids is 1. The quantitative estimate of drug-likeness (QED) is 0.551. The maximum Gasteiger partial charge on any atom is 0.257 e. The summed E-state index contributed by atoms with van der Waals surface area (Å²) in [6.45, 7) is 4.89. The Balaban J connectivity index is 1.97. The Morgan fingerprint density at radius 3 is 2.68 bits per heavy atom. The highest BCUT2D eigenvalue weighted by molar-refractivity contribution is 6.30. The number of halogens is 2. The molecule has 1 amide bonds. The van der Waals surface area contributed by atoms with Gasteiger partial charge in [0, 0.05) is 31.1 Å². The predicted octanol–water partition coefficient (Wildman–Crippen LogP) is 4.93. The van der Waals surface area contributed by atoms with Gasteiger partial charge in [-0.2, -0.15) is 0 Å². The zero-order valence-corrected chi connectivity index (χ0v) is 16.9. The molecule has 6 heteroatoms. The topological polar surface area (TPSA) is 42.4 Å². The second-order valence-corrected chi connectivity index (χ2v) is 7.07. The van der Waals surface area contributed by atoms with Crippen molar-refractivity contribution in [1.82, 2.24) is 9.88 Å². The predicted molar refractivity (Wildman–Crippen MR) is 109 cm³/mol. The van der Waals surface area contributed by atoms with E-state index in [1.165, 1.54) is 17.0 Å². The first kappa shape index (κ1) is 20.2. The number of nitrogens with zero attached hydrogens (tertiary/aromatic N) is 2. The van der Waals surface area contributed by atoms with E-state index >= 15 is 0 Å². The number of hydrogen-bond donors (Lipinski definition) is 0. The lowest BCUT2D eigenvalue weighted by Crippen LogP contribution is -2.34. The van der Waals surface area contributed by atoms with Gasteiger partial charge < -0.3 is 9.64 Å². The van der Waals surface area contributed by atoms with Gasteiger partial charge in [-0.1, -0.05) is 35.9 Å². The molecule has 0 bridgehead atoms. The van der Waals surface area contributed by atoms with Crippen LogP contribution in [0.3, 0.4) is 0 Å². The number of amides is 1. The first-order chi connectivity index (χ1) is 13.4. The van der Waals surface area contributed by atoms with Gasteiger partial charge in [0.25, 0.3) is 5.91 Å². The SMILES string of the molecule is COCCN(Cc1cc2ccc(C)c(C)c2nc1Cl)C(=O)c1ccccc1F. The molecule has 0 aliphatic carbocycles. The van der Waals surface area contributed by atoms with Crippen molar-refractivity contribution < 1.29 is 13.9 Å². The van der Waals surface area contributed by atoms with Crippen molar-refractivity contribution in [2.45, 2.75) is 20.4 Å². The molecular formula is C22H22ClFN2O2. The first-order valence-electron chi connectivity index (χ1n) is 9.00. The van der Waals surface area contributed by atoms with E-state index < -0.39 is 11.7 Å². The number of aromatic nitrogens is 1. The molecule has 2 aromatic carbocycles. The van der Waals surface area contributed by atoms with E-state index in [4.69, 9.17) is 16.3 Å². The number of hydrogen-bond acceptors (Lipinski definition) is 3. The maximum atomic E-state index is 14.1. The molecule has 28 heavy (non-hydrogen) atoms. The number of aryl methyl sites for hydroxylation is 2. The van der Waals surface area contributed by atoms with Gasteiger partial charge in [-0.15, -0.1) is 0 Å². The first-order valence-corrected chi connectivity index (χ1v) is 9.38. The van der Waals surface area contributed by atoms with Crippen LogP contribution in [0.4, 0.5) is 4.39 Å². The minimum Gasteiger partial charge on any atom is -0.383 e. The number of ether oxygens (including phenoxy) is 1. The Labute approximate surface area is 168 Å².